The highest BCUT2D eigenvalue weighted by molar-refractivity contribution is 6.30. The van der Waals surface area contributed by atoms with Crippen LogP contribution in [0.15, 0.2) is 113 Å². The number of carbonyl (C=O) groups is 3. The molecule has 604 valence electrons. The predicted molar refractivity (Wildman–Crippen MR) is 450 cm³/mol. The van der Waals surface area contributed by atoms with Crippen molar-refractivity contribution in [2.45, 2.75) is 370 Å². The average Bonchev–Trinajstić information content (AvgIpc) is 1.56. The lowest BCUT2D eigenvalue weighted by molar-refractivity contribution is -0.124. The highest BCUT2D eigenvalue weighted by atomic mass is 16.4. The van der Waals surface area contributed by atoms with Crippen molar-refractivity contribution in [3.63, 3.8) is 0 Å². The summed E-state index contributed by atoms with van der Waals surface area (Å²) in [5.41, 5.74) is 5.89. The SMILES string of the molecule is CCCCCCCCC(CCCCCC)CN1C(=O)C2=C(c3ccc(-c4ccc(-c5ccc(C6=C7C(=C(c8ccco8)N(CC(CCCCCC)CCCCCCCC)C7O)C(=O)N6CC(CCCCCC)CCCCCCCC)o5)[nH]4)o3)N(CC(CCCCCC)CCCCCCCC)C(=O)C2=C1c1ccco1. The van der Waals surface area contributed by atoms with Crippen LogP contribution in [0, 0.1) is 23.7 Å². The Morgan fingerprint density at radius 2 is 0.587 bits per heavy atom. The summed E-state index contributed by atoms with van der Waals surface area (Å²) in [6.07, 6.45) is 58.4. The zero-order chi connectivity index (χ0) is 77.0. The molecule has 0 saturated heterocycles. The lowest BCUT2D eigenvalue weighted by atomic mass is 9.93. The van der Waals surface area contributed by atoms with E-state index in [4.69, 9.17) is 17.7 Å². The van der Waals surface area contributed by atoms with Crippen molar-refractivity contribution in [1.29, 1.82) is 0 Å². The van der Waals surface area contributed by atoms with Crippen LogP contribution in [0.2, 0.25) is 0 Å². The Morgan fingerprint density at radius 1 is 0.312 bits per heavy atom. The fraction of sp³-hybridized carbons (Fsp3) is 0.677. The Hall–Kier alpha value is -6.47. The second-order valence-corrected chi connectivity index (χ2v) is 33.4. The molecule has 0 saturated carbocycles. The Morgan fingerprint density at radius 3 is 0.927 bits per heavy atom. The van der Waals surface area contributed by atoms with Crippen LogP contribution in [0.4, 0.5) is 0 Å². The van der Waals surface area contributed by atoms with Gasteiger partial charge in [0.15, 0.2) is 40.8 Å². The summed E-state index contributed by atoms with van der Waals surface area (Å²) in [7, 11) is 0. The third-order valence-electron chi connectivity index (χ3n) is 24.4. The fourth-order valence-electron chi connectivity index (χ4n) is 18.1. The van der Waals surface area contributed by atoms with Crippen LogP contribution >= 0.6 is 0 Å². The van der Waals surface area contributed by atoms with E-state index in [-0.39, 0.29) is 35.5 Å². The maximum Gasteiger partial charge on any atom is 0.261 e. The molecule has 0 fully saturated rings. The number of amides is 3. The van der Waals surface area contributed by atoms with Crippen LogP contribution in [0.3, 0.4) is 0 Å². The Bertz CT molecular complexity index is 3550. The number of furan rings is 4. The molecule has 4 aliphatic rings. The molecule has 5 aromatic heterocycles. The third-order valence-corrected chi connectivity index (χ3v) is 24.4. The van der Waals surface area contributed by atoms with Gasteiger partial charge in [-0.2, -0.15) is 0 Å². The molecular weight excluding hydrogens is 1350 g/mol. The molecule has 9 rings (SSSR count). The molecule has 13 nitrogen and oxygen atoms in total. The number of hydrogen-bond donors (Lipinski definition) is 2. The van der Waals surface area contributed by atoms with Gasteiger partial charge in [-0.1, -0.05) is 312 Å². The van der Waals surface area contributed by atoms with E-state index in [1.165, 1.54) is 186 Å². The minimum absolute atomic E-state index is 0.0974. The Labute approximate surface area is 659 Å². The van der Waals surface area contributed by atoms with Crippen molar-refractivity contribution in [2.75, 3.05) is 26.2 Å². The summed E-state index contributed by atoms with van der Waals surface area (Å²) in [4.78, 5) is 59.5. The molecular formula is C96H147N5O8. The van der Waals surface area contributed by atoms with Gasteiger partial charge in [0.2, 0.25) is 0 Å². The number of rotatable bonds is 62. The zero-order valence-corrected chi connectivity index (χ0v) is 69.7. The lowest BCUT2D eigenvalue weighted by Gasteiger charge is -2.32. The van der Waals surface area contributed by atoms with Crippen LogP contribution in [0.5, 0.6) is 0 Å². The molecule has 5 unspecified atom stereocenters. The van der Waals surface area contributed by atoms with E-state index in [1.54, 1.807) is 12.5 Å². The molecule has 0 aliphatic carbocycles. The fourth-order valence-corrected chi connectivity index (χ4v) is 18.1. The molecule has 9 heterocycles. The first kappa shape index (κ1) is 86.5. The first-order valence-corrected chi connectivity index (χ1v) is 45.4. The van der Waals surface area contributed by atoms with Gasteiger partial charge in [0.25, 0.3) is 17.7 Å². The van der Waals surface area contributed by atoms with Crippen molar-refractivity contribution in [3.05, 3.63) is 119 Å². The smallest absolute Gasteiger partial charge is 0.261 e. The molecule has 3 amide bonds. The van der Waals surface area contributed by atoms with E-state index < -0.39 is 6.23 Å². The Balaban J connectivity index is 1.09. The van der Waals surface area contributed by atoms with Crippen molar-refractivity contribution in [3.8, 4) is 22.9 Å². The molecule has 5 atom stereocenters. The molecule has 13 heteroatoms. The third kappa shape index (κ3) is 24.5. The van der Waals surface area contributed by atoms with E-state index in [0.717, 1.165) is 128 Å². The highest BCUT2D eigenvalue weighted by Gasteiger charge is 2.53. The number of fused-ring (bicyclic) bond motifs is 2. The number of aliphatic hydroxyl groups is 1. The Kier molecular flexibility index (Phi) is 37.9. The van der Waals surface area contributed by atoms with Gasteiger partial charge in [0, 0.05) is 31.8 Å². The zero-order valence-electron chi connectivity index (χ0n) is 69.7. The van der Waals surface area contributed by atoms with Crippen LogP contribution in [0.1, 0.15) is 387 Å². The van der Waals surface area contributed by atoms with Gasteiger partial charge >= 0.3 is 0 Å². The van der Waals surface area contributed by atoms with Gasteiger partial charge in [-0.15, -0.1) is 0 Å². The summed E-state index contributed by atoms with van der Waals surface area (Å²) in [6, 6.07) is 19.6. The second-order valence-electron chi connectivity index (χ2n) is 33.4. The predicted octanol–water partition coefficient (Wildman–Crippen LogP) is 27.5. The molecule has 0 aromatic carbocycles. The summed E-state index contributed by atoms with van der Waals surface area (Å²) in [5, 5.41) is 13.3. The number of aromatic nitrogens is 1. The van der Waals surface area contributed by atoms with Crippen LogP contribution in [-0.4, -0.2) is 79.8 Å². The van der Waals surface area contributed by atoms with Crippen molar-refractivity contribution in [1.82, 2.24) is 24.6 Å². The summed E-state index contributed by atoms with van der Waals surface area (Å²) in [5.74, 6) is 4.02. The molecule has 4 aliphatic heterocycles. The second kappa shape index (κ2) is 47.8. The average molecular weight is 1500 g/mol. The first-order valence-electron chi connectivity index (χ1n) is 45.4. The minimum atomic E-state index is -1.10. The van der Waals surface area contributed by atoms with Gasteiger partial charge in [0.05, 0.1) is 52.0 Å². The van der Waals surface area contributed by atoms with Crippen LogP contribution in [0.25, 0.3) is 45.7 Å². The number of nitrogens with zero attached hydrogens (tertiary/aromatic N) is 4. The lowest BCUT2D eigenvalue weighted by Crippen LogP contribution is -2.37. The number of aliphatic hydroxyl groups excluding tert-OH is 1. The molecule has 0 bridgehead atoms. The van der Waals surface area contributed by atoms with Crippen LogP contribution < -0.4 is 0 Å². The van der Waals surface area contributed by atoms with E-state index >= 15 is 14.4 Å². The van der Waals surface area contributed by atoms with E-state index in [0.29, 0.717) is 117 Å². The van der Waals surface area contributed by atoms with Gasteiger partial charge in [-0.3, -0.25) is 14.4 Å². The van der Waals surface area contributed by atoms with E-state index in [2.05, 4.69) is 65.3 Å². The van der Waals surface area contributed by atoms with Gasteiger partial charge in [-0.25, -0.2) is 0 Å². The maximum atomic E-state index is 16.0. The topological polar surface area (TPSA) is 153 Å². The summed E-state index contributed by atoms with van der Waals surface area (Å²) in [6.45, 7) is 20.3. The van der Waals surface area contributed by atoms with Crippen LogP contribution in [-0.2, 0) is 14.4 Å². The highest BCUT2D eigenvalue weighted by Crippen LogP contribution is 2.52. The molecule has 0 spiro atoms. The van der Waals surface area contributed by atoms with Crippen molar-refractivity contribution in [2.24, 2.45) is 23.7 Å². The number of aromatic amines is 1. The minimum Gasteiger partial charge on any atom is -0.463 e. The number of hydrogen-bond acceptors (Lipinski definition) is 9. The molecule has 2 N–H and O–H groups in total. The van der Waals surface area contributed by atoms with Crippen molar-refractivity contribution >= 4 is 40.5 Å². The maximum absolute atomic E-state index is 16.0. The van der Waals surface area contributed by atoms with Gasteiger partial charge in [-0.05, 0) is 136 Å². The molecule has 0 radical (unpaired) electrons. The van der Waals surface area contributed by atoms with Crippen molar-refractivity contribution < 1.29 is 37.2 Å². The normalized spacial score (nSPS) is 16.5. The number of unbranched alkanes of at least 4 members (excludes halogenated alkanes) is 32. The first-order chi connectivity index (χ1) is 53.5. The van der Waals surface area contributed by atoms with E-state index in [1.807, 2.05) is 75.4 Å². The quantitative estimate of drug-likeness (QED) is 0.0362. The van der Waals surface area contributed by atoms with Gasteiger partial charge < -0.3 is 47.4 Å². The van der Waals surface area contributed by atoms with E-state index in [9.17, 15) is 5.11 Å². The monoisotopic (exact) mass is 1500 g/mol. The molecule has 109 heavy (non-hydrogen) atoms. The number of carbonyl (C=O) groups excluding carboxylic acids is 3. The van der Waals surface area contributed by atoms with Gasteiger partial charge in [0.1, 0.15) is 11.4 Å². The summed E-state index contributed by atoms with van der Waals surface area (Å²) >= 11 is 0. The number of nitrogens with one attached hydrogen (secondary N) is 1. The number of H-pyrrole nitrogens is 1. The largest absolute Gasteiger partial charge is 0.463 e. The standard InChI is InChI=1S/C96H147N5O8/c1-9-17-25-33-37-45-55-73(51-41-29-21-13-5)69-98-89(81-59-49-67-106-81)85-87(95(98)104)91(100(93(85)102)71-75(53-43-31-23-15-7)57-47-39-35-27-19-11-3)83-65-63-79(108-83)77-61-62-78(97-77)80-64-66-84(109-80)92-88-86(94(103)101(92)72-76(54-44-32-24-16-8)58-48-40-36-28-20-12-4)90(82-60-50-68-107-82)99(96(88)105)70-74(52-42-30-22-14-6)56-46-38-34-26-18-10-2/h49-50,59-68,73-76,95,97,104H,9-48,51-58,69-72H2,1-8H3. The summed E-state index contributed by atoms with van der Waals surface area (Å²) < 4.78 is 26.9. The molecule has 5 aromatic rings.